The third-order valence-electron chi connectivity index (χ3n) is 3.64. The number of carbonyl (C=O) groups is 2. The first-order valence-corrected chi connectivity index (χ1v) is 8.01. The van der Waals surface area contributed by atoms with E-state index < -0.39 is 5.92 Å². The molecule has 114 valence electrons. The highest BCUT2D eigenvalue weighted by atomic mass is 32.1. The highest BCUT2D eigenvalue weighted by molar-refractivity contribution is 7.15. The Kier molecular flexibility index (Phi) is 3.94. The summed E-state index contributed by atoms with van der Waals surface area (Å²) in [6.45, 7) is 4.16. The molecule has 0 aliphatic carbocycles. The zero-order valence-corrected chi connectivity index (χ0v) is 13.2. The second kappa shape index (κ2) is 5.88. The fourth-order valence-corrected chi connectivity index (χ4v) is 3.28. The number of benzene rings is 1. The van der Waals surface area contributed by atoms with E-state index in [-0.39, 0.29) is 18.2 Å². The molecule has 0 radical (unpaired) electrons. The predicted molar refractivity (Wildman–Crippen MR) is 87.3 cm³/mol. The number of para-hydroxylation sites is 1. The van der Waals surface area contributed by atoms with Crippen LogP contribution in [-0.2, 0) is 9.59 Å². The average molecular weight is 315 g/mol. The molecular weight excluding hydrogens is 298 g/mol. The number of amides is 2. The first-order chi connectivity index (χ1) is 10.5. The van der Waals surface area contributed by atoms with E-state index in [0.29, 0.717) is 11.0 Å². The van der Waals surface area contributed by atoms with Crippen LogP contribution in [0.1, 0.15) is 42.5 Å². The number of hydrogen-bond donors (Lipinski definition) is 2. The molecule has 1 aliphatic rings. The Morgan fingerprint density at radius 2 is 2.18 bits per heavy atom. The monoisotopic (exact) mass is 315 g/mol. The number of aromatic nitrogens is 1. The van der Waals surface area contributed by atoms with Gasteiger partial charge < -0.3 is 10.6 Å². The van der Waals surface area contributed by atoms with Gasteiger partial charge in [-0.1, -0.05) is 32.0 Å². The molecule has 1 atom stereocenters. The maximum Gasteiger partial charge on any atom is 0.232 e. The van der Waals surface area contributed by atoms with Gasteiger partial charge in [-0.05, 0) is 17.5 Å². The summed E-state index contributed by atoms with van der Waals surface area (Å²) in [7, 11) is 0. The molecule has 0 saturated heterocycles. The van der Waals surface area contributed by atoms with Gasteiger partial charge in [-0.15, -0.1) is 11.3 Å². The molecule has 1 aliphatic heterocycles. The summed E-state index contributed by atoms with van der Waals surface area (Å²) in [4.78, 5) is 29.5. The SMILES string of the molecule is CC(C)c1cnc(NC(=O)CC2C(=O)Nc3ccccc32)s1. The van der Waals surface area contributed by atoms with E-state index in [1.54, 1.807) is 6.20 Å². The maximum absolute atomic E-state index is 12.2. The summed E-state index contributed by atoms with van der Waals surface area (Å²) >= 11 is 1.47. The average Bonchev–Trinajstić information content (AvgIpc) is 3.05. The van der Waals surface area contributed by atoms with Crippen molar-refractivity contribution in [2.75, 3.05) is 10.6 Å². The molecular formula is C16H17N3O2S. The molecule has 1 unspecified atom stereocenters. The molecule has 6 heteroatoms. The molecule has 0 spiro atoms. The quantitative estimate of drug-likeness (QED) is 0.909. The van der Waals surface area contributed by atoms with E-state index in [2.05, 4.69) is 29.5 Å². The minimum Gasteiger partial charge on any atom is -0.325 e. The molecule has 1 aromatic heterocycles. The Labute approximate surface area is 132 Å². The molecule has 22 heavy (non-hydrogen) atoms. The van der Waals surface area contributed by atoms with Gasteiger partial charge in [-0.3, -0.25) is 9.59 Å². The van der Waals surface area contributed by atoms with Crippen LogP contribution in [0.2, 0.25) is 0 Å². The topological polar surface area (TPSA) is 71.1 Å². The summed E-state index contributed by atoms with van der Waals surface area (Å²) in [6, 6.07) is 7.47. The molecule has 2 aromatic rings. The third-order valence-corrected chi connectivity index (χ3v) is 4.85. The van der Waals surface area contributed by atoms with E-state index in [1.165, 1.54) is 11.3 Å². The maximum atomic E-state index is 12.2. The van der Waals surface area contributed by atoms with Gasteiger partial charge >= 0.3 is 0 Å². The first-order valence-electron chi connectivity index (χ1n) is 7.20. The van der Waals surface area contributed by atoms with E-state index in [9.17, 15) is 9.59 Å². The van der Waals surface area contributed by atoms with Crippen molar-refractivity contribution in [2.24, 2.45) is 0 Å². The van der Waals surface area contributed by atoms with Crippen molar-refractivity contribution in [2.45, 2.75) is 32.1 Å². The van der Waals surface area contributed by atoms with Crippen LogP contribution in [0, 0.1) is 0 Å². The fraction of sp³-hybridized carbons (Fsp3) is 0.312. The highest BCUT2D eigenvalue weighted by Crippen LogP contribution is 2.34. The van der Waals surface area contributed by atoms with E-state index in [0.717, 1.165) is 16.1 Å². The molecule has 0 bridgehead atoms. The van der Waals surface area contributed by atoms with Crippen LogP contribution in [0.15, 0.2) is 30.5 Å². The molecule has 2 amide bonds. The molecule has 2 N–H and O–H groups in total. The molecule has 1 aromatic carbocycles. The Hall–Kier alpha value is -2.21. The Balaban J connectivity index is 1.68. The van der Waals surface area contributed by atoms with Crippen molar-refractivity contribution in [1.29, 1.82) is 0 Å². The Morgan fingerprint density at radius 3 is 2.91 bits per heavy atom. The fourth-order valence-electron chi connectivity index (χ4n) is 2.45. The van der Waals surface area contributed by atoms with E-state index in [4.69, 9.17) is 0 Å². The largest absolute Gasteiger partial charge is 0.325 e. The summed E-state index contributed by atoms with van der Waals surface area (Å²) in [5, 5.41) is 6.17. The highest BCUT2D eigenvalue weighted by Gasteiger charge is 2.32. The van der Waals surface area contributed by atoms with E-state index in [1.807, 2.05) is 24.3 Å². The molecule has 5 nitrogen and oxygen atoms in total. The van der Waals surface area contributed by atoms with Crippen molar-refractivity contribution < 1.29 is 9.59 Å². The van der Waals surface area contributed by atoms with Gasteiger partial charge in [-0.25, -0.2) is 4.98 Å². The van der Waals surface area contributed by atoms with Crippen LogP contribution in [-0.4, -0.2) is 16.8 Å². The van der Waals surface area contributed by atoms with Crippen LogP contribution in [0.5, 0.6) is 0 Å². The molecule has 0 fully saturated rings. The van der Waals surface area contributed by atoms with Crippen LogP contribution < -0.4 is 10.6 Å². The summed E-state index contributed by atoms with van der Waals surface area (Å²) in [5.41, 5.74) is 1.67. The van der Waals surface area contributed by atoms with Gasteiger partial charge in [0.2, 0.25) is 11.8 Å². The van der Waals surface area contributed by atoms with Gasteiger partial charge in [0.1, 0.15) is 0 Å². The number of fused-ring (bicyclic) bond motifs is 1. The lowest BCUT2D eigenvalue weighted by Crippen LogP contribution is -2.20. The molecule has 2 heterocycles. The Bertz CT molecular complexity index is 724. The van der Waals surface area contributed by atoms with Crippen LogP contribution in [0.3, 0.4) is 0 Å². The van der Waals surface area contributed by atoms with Gasteiger partial charge in [0.25, 0.3) is 0 Å². The number of rotatable bonds is 4. The van der Waals surface area contributed by atoms with Crippen molar-refractivity contribution in [3.8, 4) is 0 Å². The number of nitrogens with one attached hydrogen (secondary N) is 2. The smallest absolute Gasteiger partial charge is 0.232 e. The molecule has 3 rings (SSSR count). The van der Waals surface area contributed by atoms with E-state index >= 15 is 0 Å². The normalized spacial score (nSPS) is 16.5. The number of hydrogen-bond acceptors (Lipinski definition) is 4. The summed E-state index contributed by atoms with van der Waals surface area (Å²) < 4.78 is 0. The lowest BCUT2D eigenvalue weighted by molar-refractivity contribution is -0.122. The second-order valence-corrected chi connectivity index (χ2v) is 6.67. The molecule has 0 saturated carbocycles. The van der Waals surface area contributed by atoms with Crippen molar-refractivity contribution in [3.05, 3.63) is 40.9 Å². The minimum atomic E-state index is -0.430. The zero-order valence-electron chi connectivity index (χ0n) is 12.4. The lowest BCUT2D eigenvalue weighted by Gasteiger charge is -2.08. The lowest BCUT2D eigenvalue weighted by atomic mass is 9.97. The standard InChI is InChI=1S/C16H17N3O2S/c1-9(2)13-8-17-16(22-13)19-14(20)7-11-10-5-3-4-6-12(10)18-15(11)21/h3-6,8-9,11H,7H2,1-2H3,(H,18,21)(H,17,19,20). The summed E-state index contributed by atoms with van der Waals surface area (Å²) in [6.07, 6.45) is 1.90. The van der Waals surface area contributed by atoms with Gasteiger partial charge in [0, 0.05) is 23.2 Å². The van der Waals surface area contributed by atoms with Crippen molar-refractivity contribution in [3.63, 3.8) is 0 Å². The summed E-state index contributed by atoms with van der Waals surface area (Å²) in [5.74, 6) is -0.365. The zero-order chi connectivity index (χ0) is 15.7. The van der Waals surface area contributed by atoms with Crippen molar-refractivity contribution >= 4 is 34.0 Å². The second-order valence-electron chi connectivity index (χ2n) is 5.60. The Morgan fingerprint density at radius 1 is 1.41 bits per heavy atom. The number of anilines is 2. The van der Waals surface area contributed by atoms with Gasteiger partial charge in [0.05, 0.1) is 5.92 Å². The van der Waals surface area contributed by atoms with Crippen LogP contribution in [0.4, 0.5) is 10.8 Å². The van der Waals surface area contributed by atoms with Crippen LogP contribution in [0.25, 0.3) is 0 Å². The van der Waals surface area contributed by atoms with Crippen LogP contribution >= 0.6 is 11.3 Å². The van der Waals surface area contributed by atoms with Gasteiger partial charge in [0.15, 0.2) is 5.13 Å². The van der Waals surface area contributed by atoms with Crippen molar-refractivity contribution in [1.82, 2.24) is 4.98 Å². The predicted octanol–water partition coefficient (Wildman–Crippen LogP) is 3.33. The van der Waals surface area contributed by atoms with Gasteiger partial charge in [-0.2, -0.15) is 0 Å². The number of carbonyl (C=O) groups excluding carboxylic acids is 2. The third kappa shape index (κ3) is 2.87. The minimum absolute atomic E-state index is 0.124. The number of thiazole rings is 1. The first kappa shape index (κ1) is 14.7. The number of nitrogens with zero attached hydrogens (tertiary/aromatic N) is 1.